The number of ether oxygens (including phenoxy) is 2. The van der Waals surface area contributed by atoms with Crippen LogP contribution in [0.4, 0.5) is 5.69 Å². The summed E-state index contributed by atoms with van der Waals surface area (Å²) in [7, 11) is 3.09. The van der Waals surface area contributed by atoms with E-state index in [1.807, 2.05) is 12.1 Å². The maximum Gasteiger partial charge on any atom is 0.250 e. The summed E-state index contributed by atoms with van der Waals surface area (Å²) in [6, 6.07) is 18.3. The van der Waals surface area contributed by atoms with Crippen LogP contribution in [0.2, 0.25) is 5.02 Å². The van der Waals surface area contributed by atoms with Crippen LogP contribution < -0.4 is 20.1 Å². The van der Waals surface area contributed by atoms with Crippen molar-refractivity contribution in [2.45, 2.75) is 24.1 Å². The molecular formula is C30H28ClN3O6. The molecule has 40 heavy (non-hydrogen) atoms. The number of likely N-dealkylation sites (tertiary alicyclic amines) is 1. The third-order valence-corrected chi connectivity index (χ3v) is 8.52. The number of methoxy groups -OCH3 is 2. The number of carbonyl (C=O) groups is 3. The van der Waals surface area contributed by atoms with E-state index in [0.717, 1.165) is 5.56 Å². The highest BCUT2D eigenvalue weighted by atomic mass is 35.5. The van der Waals surface area contributed by atoms with Crippen molar-refractivity contribution in [3.8, 4) is 11.5 Å². The smallest absolute Gasteiger partial charge is 0.250 e. The minimum absolute atomic E-state index is 0.114. The van der Waals surface area contributed by atoms with Gasteiger partial charge in [-0.3, -0.25) is 24.6 Å². The second-order valence-electron chi connectivity index (χ2n) is 10.2. The lowest BCUT2D eigenvalue weighted by Crippen LogP contribution is -2.54. The molecule has 3 aromatic rings. The highest BCUT2D eigenvalue weighted by molar-refractivity contribution is 6.30. The Morgan fingerprint density at radius 1 is 0.975 bits per heavy atom. The summed E-state index contributed by atoms with van der Waals surface area (Å²) in [6.07, 6.45) is -0.794. The van der Waals surface area contributed by atoms with E-state index in [4.69, 9.17) is 21.1 Å². The van der Waals surface area contributed by atoms with Crippen LogP contribution in [0.1, 0.15) is 22.8 Å². The summed E-state index contributed by atoms with van der Waals surface area (Å²) >= 11 is 6.05. The molecule has 2 fully saturated rings. The molecule has 3 aliphatic heterocycles. The summed E-state index contributed by atoms with van der Waals surface area (Å²) in [6.45, 7) is 0.114. The second kappa shape index (κ2) is 9.92. The zero-order valence-electron chi connectivity index (χ0n) is 21.9. The molecule has 0 bridgehead atoms. The number of rotatable bonds is 7. The molecule has 0 unspecified atom stereocenters. The number of aliphatic hydroxyl groups excluding tert-OH is 1. The summed E-state index contributed by atoms with van der Waals surface area (Å²) in [5, 5.41) is 18.1. The molecule has 0 radical (unpaired) electrons. The van der Waals surface area contributed by atoms with Crippen LogP contribution in [0.15, 0.2) is 66.7 Å². The Bertz CT molecular complexity index is 1510. The third kappa shape index (κ3) is 3.88. The normalized spacial score (nSPS) is 25.6. The van der Waals surface area contributed by atoms with Crippen LogP contribution in [0.3, 0.4) is 0 Å². The number of anilines is 1. The lowest BCUT2D eigenvalue weighted by atomic mass is 9.76. The van der Waals surface area contributed by atoms with Crippen LogP contribution in [0.25, 0.3) is 0 Å². The van der Waals surface area contributed by atoms with Gasteiger partial charge in [-0.15, -0.1) is 0 Å². The number of imide groups is 1. The molecular weight excluding hydrogens is 534 g/mol. The fraction of sp³-hybridized carbons (Fsp3) is 0.300. The van der Waals surface area contributed by atoms with E-state index < -0.39 is 47.2 Å². The predicted molar refractivity (Wildman–Crippen MR) is 147 cm³/mol. The highest BCUT2D eigenvalue weighted by Gasteiger charge is 2.71. The van der Waals surface area contributed by atoms with Crippen LogP contribution >= 0.6 is 11.6 Å². The van der Waals surface area contributed by atoms with Gasteiger partial charge in [0.05, 0.1) is 38.2 Å². The Kier molecular flexibility index (Phi) is 6.53. The summed E-state index contributed by atoms with van der Waals surface area (Å²) in [4.78, 5) is 42.9. The first-order valence-electron chi connectivity index (χ1n) is 13.0. The van der Waals surface area contributed by atoms with Gasteiger partial charge in [-0.1, -0.05) is 48.0 Å². The number of halogens is 1. The van der Waals surface area contributed by atoms with Crippen molar-refractivity contribution < 1.29 is 29.0 Å². The van der Waals surface area contributed by atoms with Gasteiger partial charge in [0, 0.05) is 22.8 Å². The van der Waals surface area contributed by atoms with Gasteiger partial charge in [-0.25, -0.2) is 0 Å². The summed E-state index contributed by atoms with van der Waals surface area (Å²) in [5.74, 6) is -2.15. The number of para-hydroxylation sites is 1. The van der Waals surface area contributed by atoms with Crippen molar-refractivity contribution in [1.29, 1.82) is 0 Å². The Morgan fingerprint density at radius 3 is 2.42 bits per heavy atom. The van der Waals surface area contributed by atoms with Gasteiger partial charge in [0.2, 0.25) is 17.7 Å². The Balaban J connectivity index is 1.37. The van der Waals surface area contributed by atoms with E-state index in [-0.39, 0.29) is 6.54 Å². The number of amides is 3. The number of carbonyl (C=O) groups excluding carboxylic acids is 3. The van der Waals surface area contributed by atoms with E-state index in [2.05, 4.69) is 10.6 Å². The van der Waals surface area contributed by atoms with Gasteiger partial charge >= 0.3 is 0 Å². The van der Waals surface area contributed by atoms with Gasteiger partial charge in [-0.2, -0.15) is 0 Å². The van der Waals surface area contributed by atoms with E-state index in [1.165, 1.54) is 4.90 Å². The van der Waals surface area contributed by atoms with Gasteiger partial charge in [-0.05, 0) is 47.9 Å². The average molecular weight is 562 g/mol. The standard InChI is InChI=1S/C30H28ClN3O6/c1-39-21-12-7-16(15-22(21)40-2)13-14-34-27(36)23-24(28(34)37)30(19-5-3-4-6-20(19)32-29(30)38)33-25(23)26(35)17-8-10-18(31)11-9-17/h3-12,15,23-26,33,35H,13-14H2,1-2H3,(H,32,38)/t23-,24-,25-,26-,30-/m1/s1. The highest BCUT2D eigenvalue weighted by Crippen LogP contribution is 2.54. The minimum Gasteiger partial charge on any atom is -0.493 e. The van der Waals surface area contributed by atoms with Crippen LogP contribution in [0.5, 0.6) is 11.5 Å². The number of fused-ring (bicyclic) bond motifs is 4. The monoisotopic (exact) mass is 561 g/mol. The zero-order valence-corrected chi connectivity index (χ0v) is 22.6. The SMILES string of the molecule is COc1ccc(CCN2C(=O)[C@H]3[C@H]([C@H](O)c4ccc(Cl)cc4)N[C@@]4(C(=O)Nc5ccccc54)[C@H]3C2=O)cc1OC. The van der Waals surface area contributed by atoms with Crippen LogP contribution in [-0.4, -0.2) is 54.5 Å². The Labute approximate surface area is 236 Å². The van der Waals surface area contributed by atoms with Crippen LogP contribution in [0, 0.1) is 11.8 Å². The fourth-order valence-corrected chi connectivity index (χ4v) is 6.51. The average Bonchev–Trinajstić information content (AvgIpc) is 3.56. The maximum absolute atomic E-state index is 14.0. The lowest BCUT2D eigenvalue weighted by Gasteiger charge is -2.30. The van der Waals surface area contributed by atoms with Gasteiger partial charge in [0.25, 0.3) is 0 Å². The van der Waals surface area contributed by atoms with Gasteiger partial charge < -0.3 is 19.9 Å². The largest absolute Gasteiger partial charge is 0.493 e. The molecule has 206 valence electrons. The predicted octanol–water partition coefficient (Wildman–Crippen LogP) is 3.05. The minimum atomic E-state index is -1.50. The Morgan fingerprint density at radius 2 is 1.70 bits per heavy atom. The molecule has 5 atom stereocenters. The number of nitrogens with one attached hydrogen (secondary N) is 2. The summed E-state index contributed by atoms with van der Waals surface area (Å²) < 4.78 is 10.7. The molecule has 1 spiro atoms. The van der Waals surface area contributed by atoms with Crippen molar-refractivity contribution in [3.63, 3.8) is 0 Å². The van der Waals surface area contributed by atoms with Crippen molar-refractivity contribution in [3.05, 3.63) is 88.4 Å². The third-order valence-electron chi connectivity index (χ3n) is 8.27. The molecule has 0 aromatic heterocycles. The first-order valence-corrected chi connectivity index (χ1v) is 13.4. The van der Waals surface area contributed by atoms with Crippen molar-refractivity contribution in [1.82, 2.24) is 10.2 Å². The van der Waals surface area contributed by atoms with E-state index in [0.29, 0.717) is 39.8 Å². The number of nitrogens with zero attached hydrogens (tertiary/aromatic N) is 1. The number of hydrogen-bond acceptors (Lipinski definition) is 7. The first kappa shape index (κ1) is 26.3. The molecule has 6 rings (SSSR count). The van der Waals surface area contributed by atoms with Crippen molar-refractivity contribution in [2.24, 2.45) is 11.8 Å². The molecule has 0 aliphatic carbocycles. The number of aliphatic hydroxyl groups is 1. The number of benzene rings is 3. The molecule has 3 N–H and O–H groups in total. The van der Waals surface area contributed by atoms with E-state index in [9.17, 15) is 19.5 Å². The molecule has 2 saturated heterocycles. The molecule has 0 saturated carbocycles. The topological polar surface area (TPSA) is 117 Å². The number of hydrogen-bond donors (Lipinski definition) is 3. The Hall–Kier alpha value is -3.92. The van der Waals surface area contributed by atoms with E-state index in [1.54, 1.807) is 68.8 Å². The molecule has 3 aromatic carbocycles. The molecule has 3 aliphatic rings. The second-order valence-corrected chi connectivity index (χ2v) is 10.7. The lowest BCUT2D eigenvalue weighted by molar-refractivity contribution is -0.143. The van der Waals surface area contributed by atoms with Crippen LogP contribution in [-0.2, 0) is 26.3 Å². The molecule has 9 nitrogen and oxygen atoms in total. The van der Waals surface area contributed by atoms with Gasteiger partial charge in [0.1, 0.15) is 5.54 Å². The molecule has 3 amide bonds. The zero-order chi connectivity index (χ0) is 28.2. The first-order chi connectivity index (χ1) is 19.3. The van der Waals surface area contributed by atoms with Crippen molar-refractivity contribution >= 4 is 35.0 Å². The quantitative estimate of drug-likeness (QED) is 0.380. The maximum atomic E-state index is 14.0. The summed E-state index contributed by atoms with van der Waals surface area (Å²) in [5.41, 5.74) is 1.04. The van der Waals surface area contributed by atoms with Crippen molar-refractivity contribution in [2.75, 3.05) is 26.1 Å². The molecule has 10 heteroatoms. The fourth-order valence-electron chi connectivity index (χ4n) is 6.38. The van der Waals surface area contributed by atoms with Gasteiger partial charge in [0.15, 0.2) is 11.5 Å². The molecule has 3 heterocycles. The van der Waals surface area contributed by atoms with E-state index >= 15 is 0 Å².